The normalized spacial score (nSPS) is 20.8. The molecule has 1 aliphatic rings. The Kier molecular flexibility index (Phi) is 11.8. The summed E-state index contributed by atoms with van der Waals surface area (Å²) in [5, 5.41) is 3.03. The third kappa shape index (κ3) is 8.00. The van der Waals surface area contributed by atoms with Gasteiger partial charge in [-0.1, -0.05) is 20.8 Å². The Bertz CT molecular complexity index is 325. The zero-order chi connectivity index (χ0) is 15.3. The third-order valence-electron chi connectivity index (χ3n) is 4.27. The third-order valence-corrected chi connectivity index (χ3v) is 4.27. The number of nitrogens with two attached hydrogens (primary N) is 1. The molecule has 0 aromatic heterocycles. The van der Waals surface area contributed by atoms with Gasteiger partial charge in [-0.05, 0) is 51.5 Å². The molecular formula is C16H35Cl2N3O. The van der Waals surface area contributed by atoms with E-state index in [1.165, 1.54) is 12.8 Å². The molecule has 1 unspecified atom stereocenters. The maximum Gasteiger partial charge on any atom is 0.236 e. The van der Waals surface area contributed by atoms with Crippen LogP contribution in [0.1, 0.15) is 53.9 Å². The molecule has 0 bridgehead atoms. The zero-order valence-electron chi connectivity index (χ0n) is 14.7. The summed E-state index contributed by atoms with van der Waals surface area (Å²) in [6, 6.07) is -0.383. The second kappa shape index (κ2) is 10.7. The first-order valence-corrected chi connectivity index (χ1v) is 8.00. The number of likely N-dealkylation sites (tertiary alicyclic amines) is 1. The molecular weight excluding hydrogens is 321 g/mol. The predicted molar refractivity (Wildman–Crippen MR) is 99.0 cm³/mol. The first kappa shape index (κ1) is 24.2. The summed E-state index contributed by atoms with van der Waals surface area (Å²) < 4.78 is 0. The van der Waals surface area contributed by atoms with Gasteiger partial charge in [0.2, 0.25) is 5.91 Å². The number of hydrogen-bond acceptors (Lipinski definition) is 3. The van der Waals surface area contributed by atoms with Crippen molar-refractivity contribution in [3.05, 3.63) is 0 Å². The van der Waals surface area contributed by atoms with E-state index in [0.29, 0.717) is 12.5 Å². The van der Waals surface area contributed by atoms with Crippen LogP contribution in [0.2, 0.25) is 0 Å². The SMILES string of the molecule is CC(C)C[C@H](N)C(=O)NCC(C)(C)N1CCCC(C)C1.Cl.Cl. The van der Waals surface area contributed by atoms with Crippen LogP contribution in [0.5, 0.6) is 0 Å². The number of halogens is 2. The minimum absolute atomic E-state index is 0. The standard InChI is InChI=1S/C16H33N3O.2ClH/c1-12(2)9-14(17)15(20)18-11-16(4,5)19-8-6-7-13(3)10-19;;/h12-14H,6-11,17H2,1-5H3,(H,18,20);2*1H/t13?,14-;;/m0../s1. The number of carbonyl (C=O) groups is 1. The molecule has 1 rings (SSSR count). The van der Waals surface area contributed by atoms with Crippen LogP contribution in [0, 0.1) is 11.8 Å². The molecule has 0 aliphatic carbocycles. The largest absolute Gasteiger partial charge is 0.353 e. The maximum absolute atomic E-state index is 12.0. The molecule has 0 radical (unpaired) electrons. The van der Waals surface area contributed by atoms with Crippen molar-refractivity contribution in [3.8, 4) is 0 Å². The first-order valence-electron chi connectivity index (χ1n) is 8.00. The van der Waals surface area contributed by atoms with Gasteiger partial charge in [-0.2, -0.15) is 0 Å². The van der Waals surface area contributed by atoms with Gasteiger partial charge in [0, 0.05) is 18.6 Å². The Morgan fingerprint density at radius 2 is 1.95 bits per heavy atom. The van der Waals surface area contributed by atoms with Crippen LogP contribution in [-0.2, 0) is 4.79 Å². The van der Waals surface area contributed by atoms with E-state index in [9.17, 15) is 4.79 Å². The van der Waals surface area contributed by atoms with E-state index in [1.807, 2.05) is 0 Å². The van der Waals surface area contributed by atoms with E-state index in [-0.39, 0.29) is 42.3 Å². The molecule has 6 heteroatoms. The minimum Gasteiger partial charge on any atom is -0.353 e. The smallest absolute Gasteiger partial charge is 0.236 e. The summed E-state index contributed by atoms with van der Waals surface area (Å²) in [5.74, 6) is 1.19. The van der Waals surface area contributed by atoms with Gasteiger partial charge in [-0.25, -0.2) is 0 Å². The van der Waals surface area contributed by atoms with E-state index in [2.05, 4.69) is 44.8 Å². The number of nitrogens with zero attached hydrogens (tertiary/aromatic N) is 1. The van der Waals surface area contributed by atoms with Crippen LogP contribution >= 0.6 is 24.8 Å². The molecule has 2 atom stereocenters. The highest BCUT2D eigenvalue weighted by Crippen LogP contribution is 2.23. The van der Waals surface area contributed by atoms with Gasteiger partial charge in [-0.3, -0.25) is 9.69 Å². The fraction of sp³-hybridized carbons (Fsp3) is 0.938. The van der Waals surface area contributed by atoms with Crippen molar-refractivity contribution in [2.75, 3.05) is 19.6 Å². The monoisotopic (exact) mass is 355 g/mol. The molecule has 22 heavy (non-hydrogen) atoms. The fourth-order valence-electron chi connectivity index (χ4n) is 2.90. The van der Waals surface area contributed by atoms with Gasteiger partial charge in [0.25, 0.3) is 0 Å². The Morgan fingerprint density at radius 3 is 2.45 bits per heavy atom. The predicted octanol–water partition coefficient (Wildman–Crippen LogP) is 2.83. The molecule has 4 nitrogen and oxygen atoms in total. The van der Waals surface area contributed by atoms with E-state index in [0.717, 1.165) is 25.4 Å². The maximum atomic E-state index is 12.0. The molecule has 1 aliphatic heterocycles. The van der Waals surface area contributed by atoms with Gasteiger partial charge in [0.05, 0.1) is 6.04 Å². The lowest BCUT2D eigenvalue weighted by atomic mass is 9.93. The summed E-state index contributed by atoms with van der Waals surface area (Å²) in [6.45, 7) is 13.8. The molecule has 1 fully saturated rings. The molecule has 0 spiro atoms. The molecule has 1 heterocycles. The van der Waals surface area contributed by atoms with Crippen molar-refractivity contribution in [1.29, 1.82) is 0 Å². The quantitative estimate of drug-likeness (QED) is 0.769. The van der Waals surface area contributed by atoms with Crippen molar-refractivity contribution in [3.63, 3.8) is 0 Å². The van der Waals surface area contributed by atoms with Crippen LogP contribution in [0.4, 0.5) is 0 Å². The van der Waals surface area contributed by atoms with Crippen molar-refractivity contribution in [1.82, 2.24) is 10.2 Å². The summed E-state index contributed by atoms with van der Waals surface area (Å²) in [5.41, 5.74) is 5.92. The van der Waals surface area contributed by atoms with Crippen LogP contribution in [0.25, 0.3) is 0 Å². The highest BCUT2D eigenvalue weighted by Gasteiger charge is 2.30. The highest BCUT2D eigenvalue weighted by atomic mass is 35.5. The Hall–Kier alpha value is -0.0300. The van der Waals surface area contributed by atoms with Crippen molar-refractivity contribution in [2.45, 2.75) is 65.5 Å². The Labute approximate surface area is 148 Å². The Balaban J connectivity index is 0. The van der Waals surface area contributed by atoms with Crippen molar-refractivity contribution in [2.24, 2.45) is 17.6 Å². The number of carbonyl (C=O) groups excluding carboxylic acids is 1. The summed E-state index contributed by atoms with van der Waals surface area (Å²) >= 11 is 0. The van der Waals surface area contributed by atoms with Gasteiger partial charge in [-0.15, -0.1) is 24.8 Å². The fourth-order valence-corrected chi connectivity index (χ4v) is 2.90. The lowest BCUT2D eigenvalue weighted by Crippen LogP contribution is -2.56. The van der Waals surface area contributed by atoms with Crippen LogP contribution in [0.15, 0.2) is 0 Å². The molecule has 3 N–H and O–H groups in total. The second-order valence-corrected chi connectivity index (χ2v) is 7.46. The van der Waals surface area contributed by atoms with Crippen molar-refractivity contribution < 1.29 is 4.79 Å². The lowest BCUT2D eigenvalue weighted by Gasteiger charge is -2.43. The van der Waals surface area contributed by atoms with E-state index >= 15 is 0 Å². The number of rotatable bonds is 6. The number of nitrogens with one attached hydrogen (secondary N) is 1. The molecule has 0 aromatic rings. The topological polar surface area (TPSA) is 58.4 Å². The summed E-state index contributed by atoms with van der Waals surface area (Å²) in [4.78, 5) is 14.5. The average molecular weight is 356 g/mol. The highest BCUT2D eigenvalue weighted by molar-refractivity contribution is 5.85. The number of piperidine rings is 1. The molecule has 0 saturated carbocycles. The van der Waals surface area contributed by atoms with E-state index < -0.39 is 0 Å². The number of amides is 1. The molecule has 0 aromatic carbocycles. The first-order chi connectivity index (χ1) is 9.22. The van der Waals surface area contributed by atoms with Gasteiger partial charge in [0.15, 0.2) is 0 Å². The summed E-state index contributed by atoms with van der Waals surface area (Å²) in [7, 11) is 0. The number of hydrogen-bond donors (Lipinski definition) is 2. The van der Waals surface area contributed by atoms with E-state index in [1.54, 1.807) is 0 Å². The molecule has 1 saturated heterocycles. The van der Waals surface area contributed by atoms with Gasteiger partial charge >= 0.3 is 0 Å². The van der Waals surface area contributed by atoms with Gasteiger partial charge < -0.3 is 11.1 Å². The van der Waals surface area contributed by atoms with Crippen molar-refractivity contribution >= 4 is 30.7 Å². The zero-order valence-corrected chi connectivity index (χ0v) is 16.4. The van der Waals surface area contributed by atoms with Crippen LogP contribution in [-0.4, -0.2) is 42.0 Å². The Morgan fingerprint density at radius 1 is 1.36 bits per heavy atom. The van der Waals surface area contributed by atoms with Gasteiger partial charge in [0.1, 0.15) is 0 Å². The lowest BCUT2D eigenvalue weighted by molar-refractivity contribution is -0.123. The molecule has 134 valence electrons. The second-order valence-electron chi connectivity index (χ2n) is 7.46. The van der Waals surface area contributed by atoms with Crippen LogP contribution < -0.4 is 11.1 Å². The van der Waals surface area contributed by atoms with E-state index in [4.69, 9.17) is 5.73 Å². The average Bonchev–Trinajstić information content (AvgIpc) is 2.35. The minimum atomic E-state index is -0.383. The van der Waals surface area contributed by atoms with Crippen LogP contribution in [0.3, 0.4) is 0 Å². The molecule has 1 amide bonds. The summed E-state index contributed by atoms with van der Waals surface area (Å²) in [6.07, 6.45) is 3.32.